The first-order valence-electron chi connectivity index (χ1n) is 9.19. The van der Waals surface area contributed by atoms with E-state index in [1.54, 1.807) is 6.20 Å². The Labute approximate surface area is 160 Å². The van der Waals surface area contributed by atoms with Gasteiger partial charge in [-0.05, 0) is 30.3 Å². The van der Waals surface area contributed by atoms with Crippen molar-refractivity contribution in [1.82, 2.24) is 14.5 Å². The van der Waals surface area contributed by atoms with E-state index in [0.29, 0.717) is 0 Å². The van der Waals surface area contributed by atoms with Crippen molar-refractivity contribution < 1.29 is 4.42 Å². The van der Waals surface area contributed by atoms with E-state index < -0.39 is 0 Å². The fourth-order valence-electron chi connectivity index (χ4n) is 3.87. The van der Waals surface area contributed by atoms with E-state index >= 15 is 0 Å². The molecular weight excluding hydrogens is 346 g/mol. The van der Waals surface area contributed by atoms with Crippen molar-refractivity contribution in [3.63, 3.8) is 0 Å². The van der Waals surface area contributed by atoms with E-state index in [1.807, 2.05) is 48.7 Å². The monoisotopic (exact) mass is 361 g/mol. The van der Waals surface area contributed by atoms with Crippen LogP contribution >= 0.6 is 0 Å². The SMILES string of the molecule is c1ccc(-n2c(-c3cccc4c3oc3ccccc34)nc3ccncc32)cc1. The molecule has 3 heterocycles. The Morgan fingerprint density at radius 3 is 2.50 bits per heavy atom. The molecule has 0 atom stereocenters. The van der Waals surface area contributed by atoms with Crippen LogP contribution in [0, 0.1) is 0 Å². The zero-order valence-corrected chi connectivity index (χ0v) is 14.9. The maximum atomic E-state index is 6.26. The van der Waals surface area contributed by atoms with Gasteiger partial charge in [-0.15, -0.1) is 0 Å². The van der Waals surface area contributed by atoms with Crippen LogP contribution < -0.4 is 0 Å². The van der Waals surface area contributed by atoms with Crippen molar-refractivity contribution in [3.8, 4) is 17.1 Å². The van der Waals surface area contributed by atoms with Crippen molar-refractivity contribution in [3.05, 3.63) is 91.3 Å². The van der Waals surface area contributed by atoms with Crippen LogP contribution in [0.4, 0.5) is 0 Å². The molecule has 6 aromatic rings. The summed E-state index contributed by atoms with van der Waals surface area (Å²) in [5, 5.41) is 2.21. The van der Waals surface area contributed by atoms with E-state index in [9.17, 15) is 0 Å². The molecule has 4 nitrogen and oxygen atoms in total. The highest BCUT2D eigenvalue weighted by Crippen LogP contribution is 2.37. The highest BCUT2D eigenvalue weighted by molar-refractivity contribution is 6.09. The first-order chi connectivity index (χ1) is 13.9. The summed E-state index contributed by atoms with van der Waals surface area (Å²) in [4.78, 5) is 9.26. The van der Waals surface area contributed by atoms with E-state index in [-0.39, 0.29) is 0 Å². The van der Waals surface area contributed by atoms with Crippen LogP contribution in [0.5, 0.6) is 0 Å². The molecule has 0 fully saturated rings. The fourth-order valence-corrected chi connectivity index (χ4v) is 3.87. The second kappa shape index (κ2) is 5.79. The number of nitrogens with zero attached hydrogens (tertiary/aromatic N) is 3. The molecule has 0 amide bonds. The van der Waals surface area contributed by atoms with Gasteiger partial charge >= 0.3 is 0 Å². The number of para-hydroxylation sites is 3. The van der Waals surface area contributed by atoms with E-state index in [1.165, 1.54) is 0 Å². The molecule has 0 aliphatic rings. The van der Waals surface area contributed by atoms with Crippen LogP contribution in [0.1, 0.15) is 0 Å². The number of furan rings is 1. The minimum Gasteiger partial charge on any atom is -0.455 e. The number of hydrogen-bond acceptors (Lipinski definition) is 3. The molecule has 28 heavy (non-hydrogen) atoms. The van der Waals surface area contributed by atoms with Crippen LogP contribution in [0.15, 0.2) is 95.7 Å². The van der Waals surface area contributed by atoms with Crippen molar-refractivity contribution in [2.75, 3.05) is 0 Å². The van der Waals surface area contributed by atoms with Crippen LogP contribution in [-0.4, -0.2) is 14.5 Å². The lowest BCUT2D eigenvalue weighted by Gasteiger charge is -2.09. The van der Waals surface area contributed by atoms with Gasteiger partial charge in [-0.2, -0.15) is 0 Å². The number of aromatic nitrogens is 3. The molecule has 0 N–H and O–H groups in total. The molecule has 0 radical (unpaired) electrons. The lowest BCUT2D eigenvalue weighted by atomic mass is 10.1. The molecular formula is C24H15N3O. The van der Waals surface area contributed by atoms with Crippen molar-refractivity contribution in [1.29, 1.82) is 0 Å². The summed E-state index contributed by atoms with van der Waals surface area (Å²) in [5.41, 5.74) is 5.62. The lowest BCUT2D eigenvalue weighted by molar-refractivity contribution is 0.669. The van der Waals surface area contributed by atoms with Crippen LogP contribution in [0.2, 0.25) is 0 Å². The molecule has 3 aromatic carbocycles. The van der Waals surface area contributed by atoms with Crippen molar-refractivity contribution in [2.45, 2.75) is 0 Å². The second-order valence-corrected chi connectivity index (χ2v) is 6.75. The Morgan fingerprint density at radius 1 is 0.750 bits per heavy atom. The average molecular weight is 361 g/mol. The van der Waals surface area contributed by atoms with Gasteiger partial charge in [0.15, 0.2) is 0 Å². The van der Waals surface area contributed by atoms with E-state index in [4.69, 9.17) is 9.40 Å². The number of benzene rings is 3. The fraction of sp³-hybridized carbons (Fsp3) is 0. The normalized spacial score (nSPS) is 11.6. The van der Waals surface area contributed by atoms with Crippen molar-refractivity contribution >= 4 is 33.0 Å². The Bertz CT molecular complexity index is 1460. The Balaban J connectivity index is 1.74. The molecule has 0 spiro atoms. The van der Waals surface area contributed by atoms with Crippen LogP contribution in [0.3, 0.4) is 0 Å². The molecule has 132 valence electrons. The molecule has 0 saturated heterocycles. The highest BCUT2D eigenvalue weighted by atomic mass is 16.3. The van der Waals surface area contributed by atoms with E-state index in [0.717, 1.165) is 50.0 Å². The number of fused-ring (bicyclic) bond motifs is 4. The predicted molar refractivity (Wildman–Crippen MR) is 112 cm³/mol. The van der Waals surface area contributed by atoms with Gasteiger partial charge in [0.1, 0.15) is 17.0 Å². The minimum atomic E-state index is 0.846. The van der Waals surface area contributed by atoms with Gasteiger partial charge in [0.05, 0.1) is 22.8 Å². The predicted octanol–water partition coefficient (Wildman–Crippen LogP) is 5.99. The topological polar surface area (TPSA) is 43.9 Å². The zero-order chi connectivity index (χ0) is 18.5. The Kier molecular flexibility index (Phi) is 3.14. The van der Waals surface area contributed by atoms with Gasteiger partial charge in [0.25, 0.3) is 0 Å². The second-order valence-electron chi connectivity index (χ2n) is 6.75. The average Bonchev–Trinajstić information content (AvgIpc) is 3.33. The lowest BCUT2D eigenvalue weighted by Crippen LogP contribution is -1.97. The van der Waals surface area contributed by atoms with Crippen LogP contribution in [0.25, 0.3) is 50.0 Å². The molecule has 0 aliphatic heterocycles. The number of imidazole rings is 1. The van der Waals surface area contributed by atoms with E-state index in [2.05, 4.69) is 45.9 Å². The summed E-state index contributed by atoms with van der Waals surface area (Å²) >= 11 is 0. The third kappa shape index (κ3) is 2.12. The van der Waals surface area contributed by atoms with Crippen LogP contribution in [-0.2, 0) is 0 Å². The summed E-state index contributed by atoms with van der Waals surface area (Å²) in [6, 6.07) is 26.5. The maximum absolute atomic E-state index is 6.26. The van der Waals surface area contributed by atoms with Gasteiger partial charge in [-0.3, -0.25) is 9.55 Å². The molecule has 3 aromatic heterocycles. The standard InChI is InChI=1S/C24H15N3O/c1-2-7-16(8-3-1)27-21-15-25-14-13-20(21)26-24(27)19-11-6-10-18-17-9-4-5-12-22(17)28-23(18)19/h1-15H. The quantitative estimate of drug-likeness (QED) is 0.381. The van der Waals surface area contributed by atoms with Gasteiger partial charge in [-0.25, -0.2) is 4.98 Å². The number of pyridine rings is 1. The summed E-state index contributed by atoms with van der Waals surface area (Å²) in [5.74, 6) is 0.846. The molecule has 0 aliphatic carbocycles. The molecule has 0 saturated carbocycles. The smallest absolute Gasteiger partial charge is 0.149 e. The third-order valence-corrected chi connectivity index (χ3v) is 5.12. The first-order valence-corrected chi connectivity index (χ1v) is 9.19. The highest BCUT2D eigenvalue weighted by Gasteiger charge is 2.19. The third-order valence-electron chi connectivity index (χ3n) is 5.12. The van der Waals surface area contributed by atoms with Gasteiger partial charge in [0, 0.05) is 22.7 Å². The number of hydrogen-bond donors (Lipinski definition) is 0. The molecule has 0 unspecified atom stereocenters. The van der Waals surface area contributed by atoms with Gasteiger partial charge in [0.2, 0.25) is 0 Å². The Hall–Kier alpha value is -3.92. The largest absolute Gasteiger partial charge is 0.455 e. The maximum Gasteiger partial charge on any atom is 0.149 e. The van der Waals surface area contributed by atoms with Gasteiger partial charge in [-0.1, -0.05) is 48.5 Å². The summed E-state index contributed by atoms with van der Waals surface area (Å²) in [7, 11) is 0. The number of rotatable bonds is 2. The van der Waals surface area contributed by atoms with Crippen molar-refractivity contribution in [2.24, 2.45) is 0 Å². The first kappa shape index (κ1) is 15.2. The molecule has 4 heteroatoms. The summed E-state index contributed by atoms with van der Waals surface area (Å²) in [6.45, 7) is 0. The summed E-state index contributed by atoms with van der Waals surface area (Å²) in [6.07, 6.45) is 3.63. The minimum absolute atomic E-state index is 0.846. The zero-order valence-electron chi connectivity index (χ0n) is 14.9. The molecule has 0 bridgehead atoms. The summed E-state index contributed by atoms with van der Waals surface area (Å²) < 4.78 is 8.40. The Morgan fingerprint density at radius 2 is 1.57 bits per heavy atom. The molecule has 6 rings (SSSR count). The van der Waals surface area contributed by atoms with Gasteiger partial charge < -0.3 is 4.42 Å².